The van der Waals surface area contributed by atoms with Crippen LogP contribution in [0.15, 0.2) is 53.1 Å². The molecule has 4 nitrogen and oxygen atoms in total. The Hall–Kier alpha value is -2.14. The van der Waals surface area contributed by atoms with Crippen LogP contribution >= 0.6 is 15.9 Å². The van der Waals surface area contributed by atoms with Crippen molar-refractivity contribution in [3.05, 3.63) is 64.4 Å². The average Bonchev–Trinajstić information content (AvgIpc) is 2.46. The molecule has 1 aromatic heterocycles. The van der Waals surface area contributed by atoms with Gasteiger partial charge in [0.2, 0.25) is 0 Å². The zero-order valence-electron chi connectivity index (χ0n) is 11.5. The van der Waals surface area contributed by atoms with Crippen LogP contribution in [-0.4, -0.2) is 23.1 Å². The van der Waals surface area contributed by atoms with Gasteiger partial charge in [-0.3, -0.25) is 4.98 Å². The molecular weight excluding hydrogens is 332 g/mol. The van der Waals surface area contributed by atoms with Crippen LogP contribution in [0.3, 0.4) is 0 Å². The fourth-order valence-electron chi connectivity index (χ4n) is 1.99. The molecule has 2 aromatic rings. The van der Waals surface area contributed by atoms with E-state index in [0.29, 0.717) is 6.54 Å². The number of anilines is 1. The molecule has 5 heteroatoms. The van der Waals surface area contributed by atoms with Gasteiger partial charge in [0.25, 0.3) is 0 Å². The summed E-state index contributed by atoms with van der Waals surface area (Å²) < 4.78 is 0.905. The maximum Gasteiger partial charge on any atom is 0.328 e. The van der Waals surface area contributed by atoms with E-state index in [1.54, 1.807) is 12.3 Å². The molecule has 1 aromatic carbocycles. The number of hydrogen-bond donors (Lipinski definition) is 1. The smallest absolute Gasteiger partial charge is 0.328 e. The Labute approximate surface area is 131 Å². The summed E-state index contributed by atoms with van der Waals surface area (Å²) in [5.41, 5.74) is 2.74. The minimum atomic E-state index is -0.965. The van der Waals surface area contributed by atoms with Crippen LogP contribution in [0.1, 0.15) is 11.3 Å². The van der Waals surface area contributed by atoms with Gasteiger partial charge in [0, 0.05) is 29.5 Å². The van der Waals surface area contributed by atoms with Crippen molar-refractivity contribution in [1.82, 2.24) is 4.98 Å². The van der Waals surface area contributed by atoms with Gasteiger partial charge in [-0.1, -0.05) is 22.0 Å². The van der Waals surface area contributed by atoms with Gasteiger partial charge in [-0.05, 0) is 42.0 Å². The average molecular weight is 347 g/mol. The van der Waals surface area contributed by atoms with Crippen molar-refractivity contribution in [2.24, 2.45) is 0 Å². The second-order valence-electron chi connectivity index (χ2n) is 4.55. The third kappa shape index (κ3) is 4.43. The first-order valence-corrected chi connectivity index (χ1v) is 7.17. The number of aromatic nitrogens is 1. The van der Waals surface area contributed by atoms with Crippen molar-refractivity contribution in [1.29, 1.82) is 0 Å². The summed E-state index contributed by atoms with van der Waals surface area (Å²) in [5.74, 6) is -0.965. The van der Waals surface area contributed by atoms with E-state index in [9.17, 15) is 4.79 Å². The third-order valence-electron chi connectivity index (χ3n) is 2.93. The van der Waals surface area contributed by atoms with Crippen molar-refractivity contribution in [3.63, 3.8) is 0 Å². The Balaban J connectivity index is 2.27. The Morgan fingerprint density at radius 1 is 1.38 bits per heavy atom. The summed E-state index contributed by atoms with van der Waals surface area (Å²) in [6.45, 7) is 0.649. The molecule has 0 saturated carbocycles. The van der Waals surface area contributed by atoms with Crippen LogP contribution in [-0.2, 0) is 11.3 Å². The molecule has 0 atom stereocenters. The maximum atomic E-state index is 10.7. The van der Waals surface area contributed by atoms with Gasteiger partial charge in [0.15, 0.2) is 0 Å². The number of carboxylic acid groups (broad SMARTS) is 1. The van der Waals surface area contributed by atoms with E-state index in [2.05, 4.69) is 20.9 Å². The summed E-state index contributed by atoms with van der Waals surface area (Å²) in [7, 11) is 1.95. The number of carboxylic acids is 1. The van der Waals surface area contributed by atoms with E-state index in [0.717, 1.165) is 27.5 Å². The van der Waals surface area contributed by atoms with Gasteiger partial charge in [0.05, 0.1) is 12.2 Å². The highest BCUT2D eigenvalue weighted by atomic mass is 79.9. The molecule has 0 bridgehead atoms. The Bertz CT molecular complexity index is 657. The number of rotatable bonds is 5. The molecular formula is C16H15BrN2O2. The van der Waals surface area contributed by atoms with Gasteiger partial charge in [-0.15, -0.1) is 0 Å². The van der Waals surface area contributed by atoms with Crippen LogP contribution < -0.4 is 4.90 Å². The second kappa shape index (κ2) is 7.04. The highest BCUT2D eigenvalue weighted by Gasteiger charge is 2.08. The van der Waals surface area contributed by atoms with Crippen LogP contribution in [0.5, 0.6) is 0 Å². The molecule has 2 rings (SSSR count). The first kappa shape index (κ1) is 15.3. The van der Waals surface area contributed by atoms with Crippen molar-refractivity contribution in [2.45, 2.75) is 6.54 Å². The van der Waals surface area contributed by atoms with Gasteiger partial charge in [0.1, 0.15) is 0 Å². The van der Waals surface area contributed by atoms with E-state index in [1.807, 2.05) is 48.3 Å². The monoisotopic (exact) mass is 346 g/mol. The third-order valence-corrected chi connectivity index (χ3v) is 3.42. The minimum absolute atomic E-state index is 0.649. The molecule has 0 aliphatic carbocycles. The topological polar surface area (TPSA) is 53.4 Å². The second-order valence-corrected chi connectivity index (χ2v) is 5.47. The first-order chi connectivity index (χ1) is 10.1. The molecule has 0 spiro atoms. The molecule has 0 saturated heterocycles. The minimum Gasteiger partial charge on any atom is -0.478 e. The number of nitrogens with zero attached hydrogens (tertiary/aromatic N) is 2. The predicted molar refractivity (Wildman–Crippen MR) is 87.2 cm³/mol. The van der Waals surface area contributed by atoms with E-state index in [4.69, 9.17) is 5.11 Å². The van der Waals surface area contributed by atoms with E-state index < -0.39 is 5.97 Å². The van der Waals surface area contributed by atoms with Gasteiger partial charge < -0.3 is 10.0 Å². The normalized spacial score (nSPS) is 10.8. The molecule has 21 heavy (non-hydrogen) atoms. The van der Waals surface area contributed by atoms with Crippen molar-refractivity contribution >= 4 is 33.7 Å². The summed E-state index contributed by atoms with van der Waals surface area (Å²) >= 11 is 3.41. The Kier molecular flexibility index (Phi) is 5.11. The van der Waals surface area contributed by atoms with Crippen molar-refractivity contribution < 1.29 is 9.90 Å². The molecule has 0 radical (unpaired) electrons. The number of halogens is 1. The van der Waals surface area contributed by atoms with Gasteiger partial charge in [-0.25, -0.2) is 4.79 Å². The lowest BCUT2D eigenvalue weighted by Gasteiger charge is -2.21. The predicted octanol–water partition coefficient (Wildman–Crippen LogP) is 3.58. The summed E-state index contributed by atoms with van der Waals surface area (Å²) in [6, 6.07) is 11.6. The van der Waals surface area contributed by atoms with Crippen LogP contribution in [0.25, 0.3) is 6.08 Å². The van der Waals surface area contributed by atoms with Crippen LogP contribution in [0.2, 0.25) is 0 Å². The van der Waals surface area contributed by atoms with Crippen molar-refractivity contribution in [2.75, 3.05) is 11.9 Å². The Morgan fingerprint density at radius 3 is 2.86 bits per heavy atom. The van der Waals surface area contributed by atoms with E-state index in [-0.39, 0.29) is 0 Å². The van der Waals surface area contributed by atoms with Gasteiger partial charge in [-0.2, -0.15) is 0 Å². The lowest BCUT2D eigenvalue weighted by Crippen LogP contribution is -2.18. The number of pyridine rings is 1. The zero-order valence-corrected chi connectivity index (χ0v) is 13.1. The molecule has 0 aliphatic heterocycles. The fourth-order valence-corrected chi connectivity index (χ4v) is 2.37. The van der Waals surface area contributed by atoms with Crippen molar-refractivity contribution in [3.8, 4) is 0 Å². The lowest BCUT2D eigenvalue weighted by atomic mass is 10.1. The molecule has 1 heterocycles. The summed E-state index contributed by atoms with van der Waals surface area (Å²) in [5, 5.41) is 8.79. The largest absolute Gasteiger partial charge is 0.478 e. The first-order valence-electron chi connectivity index (χ1n) is 6.38. The Morgan fingerprint density at radius 2 is 2.19 bits per heavy atom. The molecule has 0 amide bonds. The summed E-state index contributed by atoms with van der Waals surface area (Å²) in [4.78, 5) is 17.0. The standard InChI is InChI=1S/C16H15BrN2O2/c1-19(11-14-4-2-3-9-18-14)15-7-6-13(17)10-12(15)5-8-16(20)21/h2-10H,11H2,1H3,(H,20,21)/b8-5+. The van der Waals surface area contributed by atoms with Crippen LogP contribution in [0, 0.1) is 0 Å². The number of aliphatic carboxylic acids is 1. The quantitative estimate of drug-likeness (QED) is 0.840. The molecule has 0 unspecified atom stereocenters. The molecule has 0 aliphatic rings. The number of hydrogen-bond acceptors (Lipinski definition) is 3. The highest BCUT2D eigenvalue weighted by Crippen LogP contribution is 2.26. The highest BCUT2D eigenvalue weighted by molar-refractivity contribution is 9.10. The maximum absolute atomic E-state index is 10.7. The molecule has 0 fully saturated rings. The van der Waals surface area contributed by atoms with E-state index in [1.165, 1.54) is 0 Å². The molecule has 108 valence electrons. The number of benzene rings is 1. The van der Waals surface area contributed by atoms with E-state index >= 15 is 0 Å². The SMILES string of the molecule is CN(Cc1ccccn1)c1ccc(Br)cc1/C=C/C(=O)O. The fraction of sp³-hybridized carbons (Fsp3) is 0.125. The number of carbonyl (C=O) groups is 1. The zero-order chi connectivity index (χ0) is 15.2. The summed E-state index contributed by atoms with van der Waals surface area (Å²) in [6.07, 6.45) is 4.49. The lowest BCUT2D eigenvalue weighted by molar-refractivity contribution is -0.131. The van der Waals surface area contributed by atoms with Crippen LogP contribution in [0.4, 0.5) is 5.69 Å². The molecule has 1 N–H and O–H groups in total. The van der Waals surface area contributed by atoms with Gasteiger partial charge >= 0.3 is 5.97 Å².